The lowest BCUT2D eigenvalue weighted by atomic mass is 9.95. The number of ketones is 1. The predicted octanol–water partition coefficient (Wildman–Crippen LogP) is 6.89. The highest BCUT2D eigenvalue weighted by Gasteiger charge is 2.24. The predicted molar refractivity (Wildman–Crippen MR) is 156 cm³/mol. The van der Waals surface area contributed by atoms with E-state index in [2.05, 4.69) is 9.97 Å². The zero-order chi connectivity index (χ0) is 29.3. The number of rotatable bonds is 7. The quantitative estimate of drug-likeness (QED) is 0.205. The summed E-state index contributed by atoms with van der Waals surface area (Å²) < 4.78 is 26.8. The maximum Gasteiger partial charge on any atom is 0.200 e. The summed E-state index contributed by atoms with van der Waals surface area (Å²) in [6.45, 7) is 7.86. The summed E-state index contributed by atoms with van der Waals surface area (Å²) in [4.78, 5) is 35.9. The van der Waals surface area contributed by atoms with Gasteiger partial charge in [-0.2, -0.15) is 0 Å². The van der Waals surface area contributed by atoms with E-state index in [1.165, 1.54) is 12.1 Å². The maximum absolute atomic E-state index is 13.6. The minimum Gasteiger partial charge on any atom is -0.495 e. The molecule has 3 heterocycles. The Morgan fingerprint density at radius 1 is 0.976 bits per heavy atom. The molecule has 0 saturated carbocycles. The molecule has 5 rings (SSSR count). The zero-order valence-corrected chi connectivity index (χ0v) is 23.6. The normalized spacial score (nSPS) is 11.5. The van der Waals surface area contributed by atoms with E-state index >= 15 is 0 Å². The van der Waals surface area contributed by atoms with Crippen molar-refractivity contribution in [3.05, 3.63) is 112 Å². The van der Waals surface area contributed by atoms with Crippen LogP contribution in [0.3, 0.4) is 0 Å². The Labute approximate surface area is 237 Å². The van der Waals surface area contributed by atoms with E-state index < -0.39 is 11.4 Å². The molecule has 0 spiro atoms. The van der Waals surface area contributed by atoms with E-state index in [9.17, 15) is 14.0 Å². The number of hydrogen-bond donors (Lipinski definition) is 0. The Morgan fingerprint density at radius 3 is 2.34 bits per heavy atom. The molecule has 0 fully saturated rings. The highest BCUT2D eigenvalue weighted by Crippen LogP contribution is 2.30. The van der Waals surface area contributed by atoms with Crippen molar-refractivity contribution in [1.29, 1.82) is 0 Å². The first-order valence-electron chi connectivity index (χ1n) is 13.2. The SMILES string of the molecule is COc1cnc2c(Oc3ccc(CC(=O)c4cn(C(C)(C)C)c(C)c(-c5ccc(F)cc5)c4=O)cc3)ccnc2c1. The van der Waals surface area contributed by atoms with Crippen molar-refractivity contribution in [2.24, 2.45) is 0 Å². The van der Waals surface area contributed by atoms with Crippen molar-refractivity contribution < 1.29 is 18.7 Å². The third-order valence-electron chi connectivity index (χ3n) is 6.88. The summed E-state index contributed by atoms with van der Waals surface area (Å²) in [5.74, 6) is 1.01. The number of nitrogens with zero attached hydrogens (tertiary/aromatic N) is 3. The topological polar surface area (TPSA) is 83.3 Å². The van der Waals surface area contributed by atoms with Gasteiger partial charge in [0, 0.05) is 47.7 Å². The third kappa shape index (κ3) is 5.72. The third-order valence-corrected chi connectivity index (χ3v) is 6.88. The van der Waals surface area contributed by atoms with Crippen molar-refractivity contribution in [2.75, 3.05) is 7.11 Å². The zero-order valence-electron chi connectivity index (χ0n) is 23.6. The summed E-state index contributed by atoms with van der Waals surface area (Å²) in [5, 5.41) is 0. The van der Waals surface area contributed by atoms with Crippen LogP contribution >= 0.6 is 0 Å². The van der Waals surface area contributed by atoms with Crippen molar-refractivity contribution in [3.8, 4) is 28.4 Å². The smallest absolute Gasteiger partial charge is 0.200 e. The number of aromatic nitrogens is 3. The molecule has 8 heteroatoms. The molecule has 0 unspecified atom stereocenters. The molecule has 7 nitrogen and oxygen atoms in total. The molecule has 2 aromatic carbocycles. The van der Waals surface area contributed by atoms with Crippen LogP contribution in [0.4, 0.5) is 4.39 Å². The second-order valence-electron chi connectivity index (χ2n) is 10.8. The molecule has 0 aliphatic carbocycles. The maximum atomic E-state index is 13.6. The molecule has 0 amide bonds. The van der Waals surface area contributed by atoms with Gasteiger partial charge in [0.25, 0.3) is 0 Å². The highest BCUT2D eigenvalue weighted by molar-refractivity contribution is 5.98. The lowest BCUT2D eigenvalue weighted by molar-refractivity contribution is 0.0991. The molecule has 0 radical (unpaired) electrons. The van der Waals surface area contributed by atoms with E-state index in [1.54, 1.807) is 74.2 Å². The van der Waals surface area contributed by atoms with E-state index in [4.69, 9.17) is 9.47 Å². The van der Waals surface area contributed by atoms with Gasteiger partial charge < -0.3 is 14.0 Å². The molecule has 3 aromatic heterocycles. The van der Waals surface area contributed by atoms with E-state index in [-0.39, 0.29) is 23.2 Å². The minimum absolute atomic E-state index is 0.0329. The van der Waals surface area contributed by atoms with Crippen molar-refractivity contribution >= 4 is 16.8 Å². The van der Waals surface area contributed by atoms with Crippen LogP contribution in [0.15, 0.2) is 84.0 Å². The second-order valence-corrected chi connectivity index (χ2v) is 10.8. The van der Waals surface area contributed by atoms with Gasteiger partial charge in [-0.3, -0.25) is 14.6 Å². The number of carbonyl (C=O) groups is 1. The van der Waals surface area contributed by atoms with E-state index in [0.717, 1.165) is 5.56 Å². The molecular formula is C33H30FN3O4. The van der Waals surface area contributed by atoms with Gasteiger partial charge >= 0.3 is 0 Å². The van der Waals surface area contributed by atoms with E-state index in [1.807, 2.05) is 32.3 Å². The van der Waals surface area contributed by atoms with Crippen molar-refractivity contribution in [2.45, 2.75) is 39.7 Å². The average molecular weight is 552 g/mol. The number of Topliss-reactive ketones (excluding diaryl/α,β-unsaturated/α-hetero) is 1. The summed E-state index contributed by atoms with van der Waals surface area (Å²) >= 11 is 0. The fourth-order valence-corrected chi connectivity index (χ4v) is 4.82. The number of hydrogen-bond acceptors (Lipinski definition) is 6. The number of benzene rings is 2. The van der Waals surface area contributed by atoms with Gasteiger partial charge in [0.1, 0.15) is 22.8 Å². The van der Waals surface area contributed by atoms with Crippen LogP contribution in [0, 0.1) is 12.7 Å². The van der Waals surface area contributed by atoms with Gasteiger partial charge in [-0.15, -0.1) is 0 Å². The number of ether oxygens (including phenoxy) is 2. The standard InChI is InChI=1S/C33H30FN3O4/c1-20-30(22-8-10-23(34)11-9-22)32(39)26(19-37(20)33(2,3)4)28(38)16-21-6-12-24(13-7-21)41-29-14-15-35-27-17-25(40-5)18-36-31(27)29/h6-15,17-19H,16H2,1-5H3. The average Bonchev–Trinajstić information content (AvgIpc) is 2.94. The highest BCUT2D eigenvalue weighted by atomic mass is 19.1. The largest absolute Gasteiger partial charge is 0.495 e. The Kier molecular flexibility index (Phi) is 7.41. The number of carbonyl (C=O) groups excluding carboxylic acids is 1. The Bertz CT molecular complexity index is 1810. The Balaban J connectivity index is 1.42. The first kappa shape index (κ1) is 27.7. The fourth-order valence-electron chi connectivity index (χ4n) is 4.82. The van der Waals surface area contributed by atoms with Gasteiger partial charge in [0.05, 0.1) is 24.4 Å². The van der Waals surface area contributed by atoms with Crippen LogP contribution in [-0.2, 0) is 12.0 Å². The van der Waals surface area contributed by atoms with Crippen LogP contribution in [0.25, 0.3) is 22.2 Å². The van der Waals surface area contributed by atoms with Crippen LogP contribution in [0.2, 0.25) is 0 Å². The number of pyridine rings is 3. The molecular weight excluding hydrogens is 521 g/mol. The summed E-state index contributed by atoms with van der Waals surface area (Å²) in [6, 6.07) is 16.4. The molecule has 5 aromatic rings. The Hall–Kier alpha value is -4.85. The van der Waals surface area contributed by atoms with Gasteiger partial charge in [-0.25, -0.2) is 9.37 Å². The Morgan fingerprint density at radius 2 is 1.68 bits per heavy atom. The van der Waals surface area contributed by atoms with Crippen LogP contribution in [0.5, 0.6) is 17.2 Å². The first-order chi connectivity index (χ1) is 19.5. The van der Waals surface area contributed by atoms with Gasteiger partial charge in [-0.05, 0) is 63.1 Å². The molecule has 0 aliphatic rings. The molecule has 41 heavy (non-hydrogen) atoms. The summed E-state index contributed by atoms with van der Waals surface area (Å²) in [6.07, 6.45) is 4.91. The van der Waals surface area contributed by atoms with Crippen LogP contribution in [0.1, 0.15) is 42.4 Å². The summed E-state index contributed by atoms with van der Waals surface area (Å²) in [5.41, 5.74) is 2.98. The molecule has 0 aliphatic heterocycles. The molecule has 208 valence electrons. The van der Waals surface area contributed by atoms with Crippen LogP contribution in [-0.4, -0.2) is 27.4 Å². The van der Waals surface area contributed by atoms with Crippen molar-refractivity contribution in [1.82, 2.24) is 14.5 Å². The monoisotopic (exact) mass is 551 g/mol. The molecule has 0 atom stereocenters. The first-order valence-corrected chi connectivity index (χ1v) is 13.2. The van der Waals surface area contributed by atoms with Crippen LogP contribution < -0.4 is 14.9 Å². The number of halogens is 1. The molecule has 0 saturated heterocycles. The molecule has 0 N–H and O–H groups in total. The summed E-state index contributed by atoms with van der Waals surface area (Å²) in [7, 11) is 1.57. The fraction of sp³-hybridized carbons (Fsp3) is 0.212. The molecule has 0 bridgehead atoms. The van der Waals surface area contributed by atoms with Gasteiger partial charge in [0.15, 0.2) is 17.0 Å². The second kappa shape index (κ2) is 11.0. The van der Waals surface area contributed by atoms with E-state index in [0.29, 0.717) is 45.1 Å². The van der Waals surface area contributed by atoms with Gasteiger partial charge in [-0.1, -0.05) is 24.3 Å². The lowest BCUT2D eigenvalue weighted by Crippen LogP contribution is -2.30. The lowest BCUT2D eigenvalue weighted by Gasteiger charge is -2.28. The van der Waals surface area contributed by atoms with Crippen molar-refractivity contribution in [3.63, 3.8) is 0 Å². The van der Waals surface area contributed by atoms with Gasteiger partial charge in [0.2, 0.25) is 0 Å². The number of fused-ring (bicyclic) bond motifs is 1. The number of methoxy groups -OCH3 is 1. The minimum atomic E-state index is -0.393.